The first-order valence-electron chi connectivity index (χ1n) is 9.03. The quantitative estimate of drug-likeness (QED) is 0.817. The second-order valence-corrected chi connectivity index (χ2v) is 6.83. The number of esters is 1. The van der Waals surface area contributed by atoms with Crippen molar-refractivity contribution in [3.63, 3.8) is 0 Å². The highest BCUT2D eigenvalue weighted by atomic mass is 16.5. The van der Waals surface area contributed by atoms with Crippen LogP contribution in [0.5, 0.6) is 0 Å². The van der Waals surface area contributed by atoms with Gasteiger partial charge in [0, 0.05) is 24.6 Å². The molecule has 7 nitrogen and oxygen atoms in total. The van der Waals surface area contributed by atoms with Gasteiger partial charge in [0.1, 0.15) is 6.04 Å². The van der Waals surface area contributed by atoms with Gasteiger partial charge >= 0.3 is 5.97 Å². The minimum atomic E-state index is -0.456. The first-order valence-corrected chi connectivity index (χ1v) is 9.03. The molecule has 1 aromatic carbocycles. The highest BCUT2D eigenvalue weighted by Crippen LogP contribution is 2.23. The molecule has 2 heterocycles. The fraction of sp³-hybridized carbons (Fsp3) is 0.400. The molecular formula is C20H24N4O3. The van der Waals surface area contributed by atoms with E-state index in [0.29, 0.717) is 18.9 Å². The van der Waals surface area contributed by atoms with Gasteiger partial charge in [-0.15, -0.1) is 0 Å². The molecule has 1 amide bonds. The molecule has 7 heteroatoms. The van der Waals surface area contributed by atoms with Crippen LogP contribution in [-0.4, -0.2) is 41.0 Å². The predicted octanol–water partition coefficient (Wildman–Crippen LogP) is 2.55. The molecule has 1 aliphatic rings. The fourth-order valence-corrected chi connectivity index (χ4v) is 3.48. The summed E-state index contributed by atoms with van der Waals surface area (Å²) in [5.41, 5.74) is 3.87. The lowest BCUT2D eigenvalue weighted by Crippen LogP contribution is -2.39. The molecule has 3 rings (SSSR count). The first-order chi connectivity index (χ1) is 13.0. The molecular weight excluding hydrogens is 344 g/mol. The van der Waals surface area contributed by atoms with Gasteiger partial charge in [-0.05, 0) is 50.8 Å². The summed E-state index contributed by atoms with van der Waals surface area (Å²) in [6, 6.07) is 5.28. The number of hydrogen-bond donors (Lipinski definition) is 1. The molecule has 0 bridgehead atoms. The van der Waals surface area contributed by atoms with Crippen molar-refractivity contribution in [1.82, 2.24) is 9.97 Å². The van der Waals surface area contributed by atoms with Crippen LogP contribution in [0.3, 0.4) is 0 Å². The zero-order chi connectivity index (χ0) is 19.4. The summed E-state index contributed by atoms with van der Waals surface area (Å²) in [6.07, 6.45) is 4.80. The van der Waals surface area contributed by atoms with Gasteiger partial charge < -0.3 is 15.0 Å². The Balaban J connectivity index is 1.58. The maximum Gasteiger partial charge on any atom is 0.329 e. The Bertz CT molecular complexity index is 815. The SMILES string of the molecule is Cc1cc(C)c(NC(=O)COC(=O)C2CCCN2c2ncccn2)c(C)c1. The van der Waals surface area contributed by atoms with Crippen molar-refractivity contribution in [3.8, 4) is 0 Å². The number of aromatic nitrogens is 2. The lowest BCUT2D eigenvalue weighted by atomic mass is 10.1. The van der Waals surface area contributed by atoms with E-state index in [9.17, 15) is 9.59 Å². The molecule has 1 fully saturated rings. The molecule has 1 aliphatic heterocycles. The molecule has 0 saturated carbocycles. The van der Waals surface area contributed by atoms with E-state index in [1.54, 1.807) is 18.5 Å². The number of aryl methyl sites for hydroxylation is 3. The highest BCUT2D eigenvalue weighted by Gasteiger charge is 2.33. The summed E-state index contributed by atoms with van der Waals surface area (Å²) in [5, 5.41) is 2.84. The zero-order valence-corrected chi connectivity index (χ0v) is 15.9. The monoisotopic (exact) mass is 368 g/mol. The van der Waals surface area contributed by atoms with Gasteiger partial charge in [-0.1, -0.05) is 17.7 Å². The van der Waals surface area contributed by atoms with Crippen LogP contribution < -0.4 is 10.2 Å². The normalized spacial score (nSPS) is 16.3. The average Bonchev–Trinajstić information content (AvgIpc) is 3.13. The van der Waals surface area contributed by atoms with Gasteiger partial charge in [0.05, 0.1) is 0 Å². The van der Waals surface area contributed by atoms with Crippen molar-refractivity contribution in [2.75, 3.05) is 23.4 Å². The van der Waals surface area contributed by atoms with Crippen LogP contribution in [-0.2, 0) is 14.3 Å². The summed E-state index contributed by atoms with van der Waals surface area (Å²) in [6.45, 7) is 6.27. The van der Waals surface area contributed by atoms with Crippen molar-refractivity contribution in [2.24, 2.45) is 0 Å². The Morgan fingerprint density at radius 2 is 1.85 bits per heavy atom. The van der Waals surface area contributed by atoms with Crippen LogP contribution in [0.2, 0.25) is 0 Å². The smallest absolute Gasteiger partial charge is 0.329 e. The van der Waals surface area contributed by atoms with Gasteiger partial charge in [-0.25, -0.2) is 14.8 Å². The maximum atomic E-state index is 12.5. The number of amides is 1. The molecule has 1 aromatic heterocycles. The minimum absolute atomic E-state index is 0.314. The number of carbonyl (C=O) groups excluding carboxylic acids is 2. The Morgan fingerprint density at radius 1 is 1.19 bits per heavy atom. The van der Waals surface area contributed by atoms with Crippen molar-refractivity contribution < 1.29 is 14.3 Å². The third-order valence-corrected chi connectivity index (χ3v) is 4.62. The summed E-state index contributed by atoms with van der Waals surface area (Å²) >= 11 is 0. The van der Waals surface area contributed by atoms with Crippen LogP contribution in [0.4, 0.5) is 11.6 Å². The fourth-order valence-electron chi connectivity index (χ4n) is 3.48. The Hall–Kier alpha value is -2.96. The van der Waals surface area contributed by atoms with E-state index in [2.05, 4.69) is 15.3 Å². The molecule has 1 unspecified atom stereocenters. The molecule has 0 radical (unpaired) electrons. The topological polar surface area (TPSA) is 84.4 Å². The highest BCUT2D eigenvalue weighted by molar-refractivity contribution is 5.94. The van der Waals surface area contributed by atoms with E-state index in [-0.39, 0.29) is 12.5 Å². The van der Waals surface area contributed by atoms with E-state index in [1.807, 2.05) is 37.8 Å². The van der Waals surface area contributed by atoms with Gasteiger partial charge in [0.2, 0.25) is 5.95 Å². The number of nitrogens with one attached hydrogen (secondary N) is 1. The Morgan fingerprint density at radius 3 is 2.52 bits per heavy atom. The second-order valence-electron chi connectivity index (χ2n) is 6.83. The van der Waals surface area contributed by atoms with Gasteiger partial charge in [-0.3, -0.25) is 4.79 Å². The summed E-state index contributed by atoms with van der Waals surface area (Å²) in [4.78, 5) is 34.9. The van der Waals surface area contributed by atoms with Crippen LogP contribution in [0.25, 0.3) is 0 Å². The van der Waals surface area contributed by atoms with Gasteiger partial charge in [0.15, 0.2) is 6.61 Å². The third-order valence-electron chi connectivity index (χ3n) is 4.62. The number of hydrogen-bond acceptors (Lipinski definition) is 6. The van der Waals surface area contributed by atoms with E-state index in [0.717, 1.165) is 28.8 Å². The van der Waals surface area contributed by atoms with Crippen molar-refractivity contribution in [2.45, 2.75) is 39.7 Å². The third kappa shape index (κ3) is 4.42. The lowest BCUT2D eigenvalue weighted by Gasteiger charge is -2.22. The summed E-state index contributed by atoms with van der Waals surface area (Å²) in [5.74, 6) is -0.265. The number of ether oxygens (including phenoxy) is 1. The van der Waals surface area contributed by atoms with Crippen LogP contribution in [0, 0.1) is 20.8 Å². The molecule has 142 valence electrons. The van der Waals surface area contributed by atoms with Crippen molar-refractivity contribution >= 4 is 23.5 Å². The molecule has 2 aromatic rings. The van der Waals surface area contributed by atoms with E-state index in [4.69, 9.17) is 4.74 Å². The molecule has 27 heavy (non-hydrogen) atoms. The number of benzene rings is 1. The standard InChI is InChI=1S/C20H24N4O3/c1-13-10-14(2)18(15(3)11-13)23-17(25)12-27-19(26)16-6-4-9-24(16)20-21-7-5-8-22-20/h5,7-8,10-11,16H,4,6,9,12H2,1-3H3,(H,23,25). The molecule has 1 atom stereocenters. The second kappa shape index (κ2) is 8.16. The van der Waals surface area contributed by atoms with Gasteiger partial charge in [-0.2, -0.15) is 0 Å². The Labute approximate surface area is 158 Å². The van der Waals surface area contributed by atoms with Crippen LogP contribution in [0.1, 0.15) is 29.5 Å². The molecule has 0 spiro atoms. The van der Waals surface area contributed by atoms with Crippen LogP contribution in [0.15, 0.2) is 30.6 Å². The zero-order valence-electron chi connectivity index (χ0n) is 15.9. The van der Waals surface area contributed by atoms with E-state index >= 15 is 0 Å². The number of rotatable bonds is 5. The molecule has 0 aliphatic carbocycles. The number of nitrogens with zero attached hydrogens (tertiary/aromatic N) is 3. The van der Waals surface area contributed by atoms with Gasteiger partial charge in [0.25, 0.3) is 5.91 Å². The lowest BCUT2D eigenvalue weighted by molar-refractivity contribution is -0.148. The number of carbonyl (C=O) groups is 2. The minimum Gasteiger partial charge on any atom is -0.454 e. The summed E-state index contributed by atoms with van der Waals surface area (Å²) < 4.78 is 5.27. The molecule has 1 N–H and O–H groups in total. The number of anilines is 2. The average molecular weight is 368 g/mol. The maximum absolute atomic E-state index is 12.5. The predicted molar refractivity (Wildman–Crippen MR) is 103 cm³/mol. The Kier molecular flexibility index (Phi) is 5.69. The van der Waals surface area contributed by atoms with E-state index in [1.165, 1.54) is 0 Å². The summed E-state index contributed by atoms with van der Waals surface area (Å²) in [7, 11) is 0. The van der Waals surface area contributed by atoms with Crippen molar-refractivity contribution in [3.05, 3.63) is 47.3 Å². The van der Waals surface area contributed by atoms with Crippen molar-refractivity contribution in [1.29, 1.82) is 0 Å². The molecule has 1 saturated heterocycles. The largest absolute Gasteiger partial charge is 0.454 e. The first kappa shape index (κ1) is 18.8. The van der Waals surface area contributed by atoms with Crippen LogP contribution >= 0.6 is 0 Å². The van der Waals surface area contributed by atoms with E-state index < -0.39 is 12.0 Å².